The summed E-state index contributed by atoms with van der Waals surface area (Å²) in [6.07, 6.45) is 7.09. The highest BCUT2D eigenvalue weighted by Gasteiger charge is 2.36. The predicted molar refractivity (Wildman–Crippen MR) is 191 cm³/mol. The molecule has 1 aliphatic rings. The van der Waals surface area contributed by atoms with E-state index in [4.69, 9.17) is 0 Å². The maximum atomic E-state index is 12.6. The molecule has 0 aliphatic heterocycles. The van der Waals surface area contributed by atoms with Gasteiger partial charge in [0, 0.05) is 35.4 Å². The van der Waals surface area contributed by atoms with Crippen LogP contribution in [0.5, 0.6) is 0 Å². The van der Waals surface area contributed by atoms with Gasteiger partial charge in [-0.15, -0.1) is 0 Å². The second kappa shape index (κ2) is 14.3. The molecule has 0 bridgehead atoms. The SMILES string of the molecule is Cc1cccc(C)c1Cc1ccc(C(=C2C=CC=C[C+]2S(=O)(=O)O)c2ccc(Cc3c(C)cc(S(=O)(=O)O)cc3C)c(CO)c2)cc1CO. The number of hydrogen-bond donors (Lipinski definition) is 4. The second-order valence-electron chi connectivity index (χ2n) is 12.4. The quantitative estimate of drug-likeness (QED) is 0.106. The summed E-state index contributed by atoms with van der Waals surface area (Å²) >= 11 is 0. The Kier molecular flexibility index (Phi) is 10.5. The maximum Gasteiger partial charge on any atom is 0.331 e. The summed E-state index contributed by atoms with van der Waals surface area (Å²) in [7, 11) is -9.02. The van der Waals surface area contributed by atoms with Crippen molar-refractivity contribution < 1.29 is 36.2 Å². The van der Waals surface area contributed by atoms with Crippen molar-refractivity contribution in [3.63, 3.8) is 0 Å². The van der Waals surface area contributed by atoms with E-state index >= 15 is 0 Å². The first-order chi connectivity index (χ1) is 23.1. The molecule has 49 heavy (non-hydrogen) atoms. The van der Waals surface area contributed by atoms with E-state index in [2.05, 4.69) is 0 Å². The van der Waals surface area contributed by atoms with Gasteiger partial charge in [0.15, 0.2) is 5.25 Å². The van der Waals surface area contributed by atoms with Crippen molar-refractivity contribution in [3.8, 4) is 0 Å². The molecule has 0 radical (unpaired) electrons. The normalized spacial score (nSPS) is 14.4. The van der Waals surface area contributed by atoms with E-state index in [-0.39, 0.29) is 28.9 Å². The van der Waals surface area contributed by atoms with Gasteiger partial charge in [0.05, 0.1) is 23.7 Å². The van der Waals surface area contributed by atoms with Gasteiger partial charge in [-0.05, 0) is 133 Å². The van der Waals surface area contributed by atoms with Gasteiger partial charge in [-0.2, -0.15) is 16.8 Å². The smallest absolute Gasteiger partial charge is 0.331 e. The zero-order valence-electron chi connectivity index (χ0n) is 27.7. The standard InChI is InChI=1S/C39H38O8S2/c1-24-8-7-9-25(2)36(24)20-28-12-14-30(18-32(28)22-40)39(35-10-5-6-11-38(35)49(45,46)47)31-15-13-29(33(19-31)23-41)21-37-26(3)16-34(17-27(37)4)48(42,43)44/h5-19,40-41H,20-23H2,1-4H3,(H-,42,43,44,45,46,47)/p+1. The fourth-order valence-electron chi connectivity index (χ4n) is 6.47. The van der Waals surface area contributed by atoms with Gasteiger partial charge in [-0.1, -0.05) is 30.3 Å². The summed E-state index contributed by atoms with van der Waals surface area (Å²) < 4.78 is 68.5. The van der Waals surface area contributed by atoms with Gasteiger partial charge < -0.3 is 10.2 Å². The van der Waals surface area contributed by atoms with Crippen LogP contribution in [0.15, 0.2) is 102 Å². The van der Waals surface area contributed by atoms with Gasteiger partial charge in [-0.25, -0.2) is 0 Å². The van der Waals surface area contributed by atoms with Crippen molar-refractivity contribution in [2.45, 2.75) is 58.6 Å². The molecule has 5 rings (SSSR count). The Morgan fingerprint density at radius 3 is 1.57 bits per heavy atom. The molecule has 1 aliphatic carbocycles. The summed E-state index contributed by atoms with van der Waals surface area (Å²) in [5, 5.41) is 20.8. The molecule has 4 aromatic carbocycles. The molecule has 0 heterocycles. The van der Waals surface area contributed by atoms with E-state index in [0.29, 0.717) is 51.8 Å². The van der Waals surface area contributed by atoms with Crippen LogP contribution >= 0.6 is 0 Å². The van der Waals surface area contributed by atoms with Crippen molar-refractivity contribution in [2.75, 3.05) is 0 Å². The molecule has 0 amide bonds. The van der Waals surface area contributed by atoms with Gasteiger partial charge in [0.1, 0.15) is 5.57 Å². The number of aliphatic hydroxyl groups is 2. The fourth-order valence-corrected chi connectivity index (χ4v) is 7.82. The van der Waals surface area contributed by atoms with Gasteiger partial charge in [0.25, 0.3) is 10.1 Å². The first-order valence-electron chi connectivity index (χ1n) is 15.6. The third-order valence-electron chi connectivity index (χ3n) is 9.11. The first-order valence-corrected chi connectivity index (χ1v) is 18.5. The van der Waals surface area contributed by atoms with E-state index < -0.39 is 20.2 Å². The van der Waals surface area contributed by atoms with Crippen molar-refractivity contribution in [1.29, 1.82) is 0 Å². The lowest BCUT2D eigenvalue weighted by atomic mass is 9.85. The highest BCUT2D eigenvalue weighted by molar-refractivity contribution is 7.89. The minimum Gasteiger partial charge on any atom is -0.392 e. The minimum absolute atomic E-state index is 0.192. The topological polar surface area (TPSA) is 149 Å². The molecule has 4 N–H and O–H groups in total. The van der Waals surface area contributed by atoms with E-state index in [1.54, 1.807) is 32.1 Å². The molecule has 8 nitrogen and oxygen atoms in total. The summed E-state index contributed by atoms with van der Waals surface area (Å²) in [6.45, 7) is 7.02. The molecule has 0 aromatic heterocycles. The third-order valence-corrected chi connectivity index (χ3v) is 10.9. The minimum atomic E-state index is -4.64. The van der Waals surface area contributed by atoms with Crippen molar-refractivity contribution in [2.24, 2.45) is 0 Å². The lowest BCUT2D eigenvalue weighted by molar-refractivity contribution is 0.280. The molecule has 0 saturated carbocycles. The lowest BCUT2D eigenvalue weighted by Gasteiger charge is -2.18. The van der Waals surface area contributed by atoms with Gasteiger partial charge in [0.2, 0.25) is 0 Å². The number of aliphatic hydroxyl groups excluding tert-OH is 2. The molecule has 10 heteroatoms. The van der Waals surface area contributed by atoms with Crippen LogP contribution in [-0.4, -0.2) is 36.2 Å². The van der Waals surface area contributed by atoms with Crippen LogP contribution < -0.4 is 0 Å². The molecule has 0 fully saturated rings. The summed E-state index contributed by atoms with van der Waals surface area (Å²) in [4.78, 5) is -0.192. The molecular weight excluding hydrogens is 661 g/mol. The first kappa shape index (κ1) is 36.0. The van der Waals surface area contributed by atoms with Gasteiger partial charge >= 0.3 is 10.1 Å². The van der Waals surface area contributed by atoms with Crippen molar-refractivity contribution in [3.05, 3.63) is 169 Å². The Bertz CT molecular complexity index is 2200. The summed E-state index contributed by atoms with van der Waals surface area (Å²) in [5.41, 5.74) is 10.4. The number of benzene rings is 4. The zero-order chi connectivity index (χ0) is 35.7. The van der Waals surface area contributed by atoms with E-state index in [0.717, 1.165) is 33.4 Å². The van der Waals surface area contributed by atoms with Crippen LogP contribution in [-0.2, 0) is 46.3 Å². The Morgan fingerprint density at radius 2 is 1.12 bits per heavy atom. The molecule has 0 atom stereocenters. The molecule has 4 aromatic rings. The highest BCUT2D eigenvalue weighted by Crippen LogP contribution is 2.39. The van der Waals surface area contributed by atoms with E-state index in [1.807, 2.05) is 62.4 Å². The highest BCUT2D eigenvalue weighted by atomic mass is 32.2. The Morgan fingerprint density at radius 1 is 0.633 bits per heavy atom. The zero-order valence-corrected chi connectivity index (χ0v) is 29.4. The number of aryl methyl sites for hydroxylation is 4. The monoisotopic (exact) mass is 699 g/mol. The molecule has 0 saturated heterocycles. The predicted octanol–water partition coefficient (Wildman–Crippen LogP) is 6.68. The summed E-state index contributed by atoms with van der Waals surface area (Å²) in [6, 6.07) is 19.9. The number of hydrogen-bond acceptors (Lipinski definition) is 6. The van der Waals surface area contributed by atoms with Crippen LogP contribution in [0.1, 0.15) is 66.8 Å². The van der Waals surface area contributed by atoms with Crippen LogP contribution in [0.4, 0.5) is 0 Å². The van der Waals surface area contributed by atoms with E-state index in [1.165, 1.54) is 24.3 Å². The number of allylic oxidation sites excluding steroid dienone is 3. The Labute approximate surface area is 288 Å². The molecule has 254 valence electrons. The molecule has 0 unspecified atom stereocenters. The average molecular weight is 700 g/mol. The van der Waals surface area contributed by atoms with Crippen LogP contribution in [0.2, 0.25) is 0 Å². The lowest BCUT2D eigenvalue weighted by Crippen LogP contribution is -2.15. The maximum absolute atomic E-state index is 12.6. The van der Waals surface area contributed by atoms with E-state index in [9.17, 15) is 36.2 Å². The Hall–Kier alpha value is -4.29. The van der Waals surface area contributed by atoms with Crippen molar-refractivity contribution in [1.82, 2.24) is 0 Å². The van der Waals surface area contributed by atoms with Crippen LogP contribution in [0, 0.1) is 32.9 Å². The largest absolute Gasteiger partial charge is 0.392 e. The van der Waals surface area contributed by atoms with Crippen molar-refractivity contribution >= 4 is 25.8 Å². The second-order valence-corrected chi connectivity index (χ2v) is 15.2. The third kappa shape index (κ3) is 7.80. The van der Waals surface area contributed by atoms with Gasteiger partial charge in [-0.3, -0.25) is 9.11 Å². The summed E-state index contributed by atoms with van der Waals surface area (Å²) in [5.74, 6) is 0. The molecular formula is C39H39O8S2+. The van der Waals surface area contributed by atoms with Crippen LogP contribution in [0.3, 0.4) is 0 Å². The molecule has 0 spiro atoms. The Balaban J connectivity index is 1.66. The number of rotatable bonds is 10. The average Bonchev–Trinajstić information content (AvgIpc) is 3.04. The fraction of sp³-hybridized carbons (Fsp3) is 0.205. The van der Waals surface area contributed by atoms with Crippen LogP contribution in [0.25, 0.3) is 5.57 Å².